The molecule has 0 bridgehead atoms. The number of carbonyl (C=O) groups is 4. The highest BCUT2D eigenvalue weighted by atomic mass is 35.5. The lowest BCUT2D eigenvalue weighted by atomic mass is 10.1. The van der Waals surface area contributed by atoms with Gasteiger partial charge in [-0.05, 0) is 54.6 Å². The number of hydrogen-bond donors (Lipinski definition) is 2. The van der Waals surface area contributed by atoms with Crippen molar-refractivity contribution in [3.63, 3.8) is 0 Å². The molecule has 0 aromatic heterocycles. The third-order valence-corrected chi connectivity index (χ3v) is 4.97. The third kappa shape index (κ3) is 7.43. The van der Waals surface area contributed by atoms with Crippen LogP contribution in [0, 0.1) is 11.6 Å². The maximum absolute atomic E-state index is 13.3. The highest BCUT2D eigenvalue weighted by Crippen LogP contribution is 2.17. The van der Waals surface area contributed by atoms with Crippen LogP contribution in [0.2, 0.25) is 15.1 Å². The van der Waals surface area contributed by atoms with Crippen molar-refractivity contribution in [2.75, 3.05) is 0 Å². The smallest absolute Gasteiger partial charge is 0.253 e. The lowest BCUT2D eigenvalue weighted by Crippen LogP contribution is -2.40. The van der Waals surface area contributed by atoms with Gasteiger partial charge in [0.2, 0.25) is 11.6 Å². The number of halogens is 5. The van der Waals surface area contributed by atoms with Gasteiger partial charge in [-0.3, -0.25) is 19.2 Å². The second kappa shape index (κ2) is 12.3. The molecule has 0 saturated heterocycles. The monoisotopic (exact) mass is 527 g/mol. The fraction of sp³-hybridized carbons (Fsp3) is 0.0435. The molecule has 1 amide bonds. The van der Waals surface area contributed by atoms with Gasteiger partial charge in [-0.2, -0.15) is 0 Å². The molecule has 2 N–H and O–H groups in total. The van der Waals surface area contributed by atoms with Crippen molar-refractivity contribution in [3.8, 4) is 0 Å². The summed E-state index contributed by atoms with van der Waals surface area (Å²) in [5, 5.41) is 12.0. The van der Waals surface area contributed by atoms with Crippen LogP contribution >= 0.6 is 34.8 Å². The summed E-state index contributed by atoms with van der Waals surface area (Å²) in [6.07, 6.45) is -1.69. The van der Waals surface area contributed by atoms with Crippen LogP contribution in [0.5, 0.6) is 0 Å². The summed E-state index contributed by atoms with van der Waals surface area (Å²) in [5.74, 6) is -3.79. The highest BCUT2D eigenvalue weighted by molar-refractivity contribution is 6.34. The zero-order chi connectivity index (χ0) is 25.4. The standard InChI is InChI=1S/C15H10Cl2FNO3.C8H4ClFO2/c16-10-3-1-2-9(6-10)14(21)19-15(22)13(20)8-4-5-11(17)12(18)7-8;9-6-2-1-5(3-7(6)10)8(12)4-11/h1-7,15,22H,(H,19,21);1-4H. The van der Waals surface area contributed by atoms with Crippen LogP contribution in [-0.2, 0) is 4.79 Å². The third-order valence-electron chi connectivity index (χ3n) is 4.12. The Balaban J connectivity index is 0.000000287. The van der Waals surface area contributed by atoms with Crippen LogP contribution in [0.15, 0.2) is 60.7 Å². The van der Waals surface area contributed by atoms with Gasteiger partial charge in [0.05, 0.1) is 10.0 Å². The number of rotatable bonds is 6. The zero-order valence-electron chi connectivity index (χ0n) is 16.9. The fourth-order valence-electron chi connectivity index (χ4n) is 2.43. The molecule has 0 fully saturated rings. The first-order valence-corrected chi connectivity index (χ1v) is 10.3. The largest absolute Gasteiger partial charge is 0.367 e. The van der Waals surface area contributed by atoms with E-state index in [2.05, 4.69) is 5.32 Å². The average Bonchev–Trinajstić information content (AvgIpc) is 2.82. The molecule has 1 atom stereocenters. The number of aliphatic hydroxyl groups excluding tert-OH is 1. The van der Waals surface area contributed by atoms with Crippen LogP contribution in [0.1, 0.15) is 31.1 Å². The van der Waals surface area contributed by atoms with Crippen molar-refractivity contribution < 1.29 is 33.1 Å². The zero-order valence-corrected chi connectivity index (χ0v) is 19.2. The summed E-state index contributed by atoms with van der Waals surface area (Å²) in [6, 6.07) is 12.8. The molecule has 1 unspecified atom stereocenters. The normalized spacial score (nSPS) is 11.0. The molecular weight excluding hydrogens is 515 g/mol. The average molecular weight is 529 g/mol. The van der Waals surface area contributed by atoms with Gasteiger partial charge in [-0.25, -0.2) is 8.78 Å². The number of hydrogen-bond acceptors (Lipinski definition) is 5. The number of benzene rings is 3. The van der Waals surface area contributed by atoms with E-state index in [4.69, 9.17) is 34.8 Å². The van der Waals surface area contributed by atoms with Crippen molar-refractivity contribution >= 4 is 58.6 Å². The summed E-state index contributed by atoms with van der Waals surface area (Å²) in [4.78, 5) is 44.5. The molecule has 3 aromatic carbocycles. The molecule has 11 heteroatoms. The van der Waals surface area contributed by atoms with Crippen LogP contribution < -0.4 is 5.32 Å². The van der Waals surface area contributed by atoms with Crippen molar-refractivity contribution in [3.05, 3.63) is 104 Å². The molecule has 0 aliphatic carbocycles. The van der Waals surface area contributed by atoms with Gasteiger partial charge in [-0.15, -0.1) is 0 Å². The molecular formula is C23H14Cl3F2NO5. The lowest BCUT2D eigenvalue weighted by Gasteiger charge is -2.12. The van der Waals surface area contributed by atoms with Gasteiger partial charge in [-0.1, -0.05) is 40.9 Å². The van der Waals surface area contributed by atoms with Crippen molar-refractivity contribution in [2.24, 2.45) is 0 Å². The van der Waals surface area contributed by atoms with Gasteiger partial charge in [0.1, 0.15) is 11.6 Å². The molecule has 3 aromatic rings. The molecule has 0 heterocycles. The Labute approximate surface area is 207 Å². The number of Topliss-reactive ketones (excluding diaryl/α,β-unsaturated/α-hetero) is 2. The molecule has 0 aliphatic heterocycles. The minimum Gasteiger partial charge on any atom is -0.367 e. The van der Waals surface area contributed by atoms with Crippen molar-refractivity contribution in [2.45, 2.75) is 6.23 Å². The molecule has 0 radical (unpaired) electrons. The van der Waals surface area contributed by atoms with Gasteiger partial charge >= 0.3 is 0 Å². The van der Waals surface area contributed by atoms with Crippen LogP contribution in [0.4, 0.5) is 8.78 Å². The van der Waals surface area contributed by atoms with Crippen molar-refractivity contribution in [1.29, 1.82) is 0 Å². The van der Waals surface area contributed by atoms with E-state index in [1.54, 1.807) is 12.1 Å². The van der Waals surface area contributed by atoms with Gasteiger partial charge in [0.15, 0.2) is 12.5 Å². The minimum absolute atomic E-state index is 0.00639. The maximum Gasteiger partial charge on any atom is 0.253 e. The second-order valence-corrected chi connectivity index (χ2v) is 7.74. The van der Waals surface area contributed by atoms with Gasteiger partial charge in [0.25, 0.3) is 5.91 Å². The van der Waals surface area contributed by atoms with Crippen LogP contribution in [0.25, 0.3) is 0 Å². The van der Waals surface area contributed by atoms with E-state index in [1.165, 1.54) is 36.4 Å². The summed E-state index contributed by atoms with van der Waals surface area (Å²) in [7, 11) is 0. The number of ketones is 2. The van der Waals surface area contributed by atoms with E-state index in [0.717, 1.165) is 12.1 Å². The number of aliphatic hydroxyl groups is 1. The first-order valence-electron chi connectivity index (χ1n) is 9.21. The first kappa shape index (κ1) is 27.1. The van der Waals surface area contributed by atoms with Crippen LogP contribution in [-0.4, -0.2) is 35.1 Å². The van der Waals surface area contributed by atoms with Gasteiger partial charge in [0, 0.05) is 21.7 Å². The fourth-order valence-corrected chi connectivity index (χ4v) is 2.85. The lowest BCUT2D eigenvalue weighted by molar-refractivity contribution is -0.104. The summed E-state index contributed by atoms with van der Waals surface area (Å²) < 4.78 is 26.0. The number of amides is 1. The first-order chi connectivity index (χ1) is 16.0. The van der Waals surface area contributed by atoms with E-state index in [1.807, 2.05) is 0 Å². The van der Waals surface area contributed by atoms with E-state index >= 15 is 0 Å². The molecule has 0 saturated carbocycles. The minimum atomic E-state index is -1.81. The summed E-state index contributed by atoms with van der Waals surface area (Å²) in [5.41, 5.74) is 0.0781. The number of aldehydes is 1. The summed E-state index contributed by atoms with van der Waals surface area (Å²) >= 11 is 16.6. The SMILES string of the molecule is O=C(NC(O)C(=O)c1ccc(Cl)c(F)c1)c1cccc(Cl)c1.O=CC(=O)c1ccc(Cl)c(F)c1. The Morgan fingerprint density at radius 2 is 1.38 bits per heavy atom. The Kier molecular flexibility index (Phi) is 9.83. The van der Waals surface area contributed by atoms with Crippen molar-refractivity contribution in [1.82, 2.24) is 5.32 Å². The number of nitrogens with one attached hydrogen (secondary N) is 1. The molecule has 34 heavy (non-hydrogen) atoms. The highest BCUT2D eigenvalue weighted by Gasteiger charge is 2.21. The Morgan fingerprint density at radius 3 is 1.91 bits per heavy atom. The maximum atomic E-state index is 13.3. The molecule has 176 valence electrons. The molecule has 3 rings (SSSR count). The Hall–Kier alpha value is -3.17. The molecule has 0 spiro atoms. The van der Waals surface area contributed by atoms with Gasteiger partial charge < -0.3 is 10.4 Å². The predicted octanol–water partition coefficient (Wildman–Crippen LogP) is 4.92. The van der Waals surface area contributed by atoms with Crippen LogP contribution in [0.3, 0.4) is 0 Å². The molecule has 6 nitrogen and oxygen atoms in total. The van der Waals surface area contributed by atoms with E-state index in [-0.39, 0.29) is 33.0 Å². The Morgan fingerprint density at radius 1 is 0.824 bits per heavy atom. The Bertz CT molecular complexity index is 1250. The topological polar surface area (TPSA) is 101 Å². The van der Waals surface area contributed by atoms with E-state index < -0.39 is 35.3 Å². The predicted molar refractivity (Wildman–Crippen MR) is 122 cm³/mol. The quantitative estimate of drug-likeness (QED) is 0.205. The van der Waals surface area contributed by atoms with E-state index in [0.29, 0.717) is 5.02 Å². The van der Waals surface area contributed by atoms with E-state index in [9.17, 15) is 33.1 Å². The summed E-state index contributed by atoms with van der Waals surface area (Å²) in [6.45, 7) is 0. The number of carbonyl (C=O) groups excluding carboxylic acids is 4. The second-order valence-electron chi connectivity index (χ2n) is 6.49. The molecule has 0 aliphatic rings.